The molecule has 0 spiro atoms. The quantitative estimate of drug-likeness (QED) is 0.702. The number of hydrogen-bond acceptors (Lipinski definition) is 1. The highest BCUT2D eigenvalue weighted by molar-refractivity contribution is 4.78. The SMILES string of the molecule is CC(O)C(F)(F)CC1CCCCCC1. The van der Waals surface area contributed by atoms with Crippen LogP contribution in [0.2, 0.25) is 0 Å². The van der Waals surface area contributed by atoms with Crippen LogP contribution in [0.15, 0.2) is 0 Å². The standard InChI is InChI=1S/C11H20F2O/c1-9(14)11(12,13)8-10-6-4-2-3-5-7-10/h9-10,14H,2-8H2,1H3. The van der Waals surface area contributed by atoms with E-state index in [2.05, 4.69) is 0 Å². The van der Waals surface area contributed by atoms with Crippen LogP contribution in [-0.4, -0.2) is 17.1 Å². The summed E-state index contributed by atoms with van der Waals surface area (Å²) in [5, 5.41) is 8.93. The minimum absolute atomic E-state index is 0.113. The Balaban J connectivity index is 2.41. The number of aliphatic hydroxyl groups excluding tert-OH is 1. The van der Waals surface area contributed by atoms with E-state index in [4.69, 9.17) is 5.11 Å². The summed E-state index contributed by atoms with van der Waals surface area (Å²) in [6.07, 6.45) is 4.66. The van der Waals surface area contributed by atoms with Gasteiger partial charge in [0.25, 0.3) is 5.92 Å². The molecule has 0 saturated heterocycles. The summed E-state index contributed by atoms with van der Waals surface area (Å²) >= 11 is 0. The van der Waals surface area contributed by atoms with Gasteiger partial charge in [-0.1, -0.05) is 38.5 Å². The lowest BCUT2D eigenvalue weighted by Gasteiger charge is -2.24. The van der Waals surface area contributed by atoms with Gasteiger partial charge in [0.15, 0.2) is 0 Å². The summed E-state index contributed by atoms with van der Waals surface area (Å²) in [7, 11) is 0. The summed E-state index contributed by atoms with van der Waals surface area (Å²) in [6, 6.07) is 0. The molecular weight excluding hydrogens is 186 g/mol. The zero-order chi connectivity index (χ0) is 10.6. The van der Waals surface area contributed by atoms with Gasteiger partial charge in [-0.15, -0.1) is 0 Å². The maximum Gasteiger partial charge on any atom is 0.273 e. The lowest BCUT2D eigenvalue weighted by molar-refractivity contribution is -0.115. The fourth-order valence-corrected chi connectivity index (χ4v) is 2.12. The molecule has 0 aromatic carbocycles. The Morgan fingerprint density at radius 3 is 2.14 bits per heavy atom. The molecule has 84 valence electrons. The average molecular weight is 206 g/mol. The maximum absolute atomic E-state index is 13.2. The minimum atomic E-state index is -2.89. The van der Waals surface area contributed by atoms with Crippen molar-refractivity contribution < 1.29 is 13.9 Å². The molecule has 0 aliphatic heterocycles. The van der Waals surface area contributed by atoms with Crippen LogP contribution in [0.4, 0.5) is 8.78 Å². The Morgan fingerprint density at radius 2 is 1.71 bits per heavy atom. The van der Waals surface area contributed by atoms with Crippen molar-refractivity contribution in [3.8, 4) is 0 Å². The van der Waals surface area contributed by atoms with Gasteiger partial charge in [-0.3, -0.25) is 0 Å². The van der Waals surface area contributed by atoms with Crippen LogP contribution in [-0.2, 0) is 0 Å². The minimum Gasteiger partial charge on any atom is -0.387 e. The molecule has 1 atom stereocenters. The number of rotatable bonds is 3. The zero-order valence-corrected chi connectivity index (χ0v) is 8.81. The molecule has 1 rings (SSSR count). The second-order valence-corrected chi connectivity index (χ2v) is 4.50. The molecule has 3 heteroatoms. The van der Waals surface area contributed by atoms with Gasteiger partial charge >= 0.3 is 0 Å². The lowest BCUT2D eigenvalue weighted by atomic mass is 9.91. The van der Waals surface area contributed by atoms with E-state index in [-0.39, 0.29) is 12.3 Å². The number of alkyl halides is 2. The molecule has 1 fully saturated rings. The van der Waals surface area contributed by atoms with E-state index < -0.39 is 12.0 Å². The largest absolute Gasteiger partial charge is 0.387 e. The van der Waals surface area contributed by atoms with Gasteiger partial charge in [0.2, 0.25) is 0 Å². The van der Waals surface area contributed by atoms with Crippen molar-refractivity contribution in [2.24, 2.45) is 5.92 Å². The highest BCUT2D eigenvalue weighted by atomic mass is 19.3. The van der Waals surface area contributed by atoms with E-state index in [0.29, 0.717) is 0 Å². The van der Waals surface area contributed by atoms with E-state index in [1.54, 1.807) is 0 Å². The molecular formula is C11H20F2O. The van der Waals surface area contributed by atoms with Crippen LogP contribution >= 0.6 is 0 Å². The highest BCUT2D eigenvalue weighted by Crippen LogP contribution is 2.34. The third kappa shape index (κ3) is 3.52. The molecule has 1 N–H and O–H groups in total. The molecule has 1 nitrogen and oxygen atoms in total. The first-order valence-corrected chi connectivity index (χ1v) is 5.58. The van der Waals surface area contributed by atoms with Crippen molar-refractivity contribution in [1.29, 1.82) is 0 Å². The summed E-state index contributed by atoms with van der Waals surface area (Å²) < 4.78 is 26.4. The third-order valence-electron chi connectivity index (χ3n) is 3.15. The predicted molar refractivity (Wildman–Crippen MR) is 52.4 cm³/mol. The molecule has 14 heavy (non-hydrogen) atoms. The Kier molecular flexibility index (Phi) is 4.30. The van der Waals surface area contributed by atoms with Gasteiger partial charge in [-0.05, 0) is 12.8 Å². The molecule has 0 amide bonds. The number of hydrogen-bond donors (Lipinski definition) is 1. The van der Waals surface area contributed by atoms with Crippen LogP contribution in [0.1, 0.15) is 51.9 Å². The third-order valence-corrected chi connectivity index (χ3v) is 3.15. The van der Waals surface area contributed by atoms with Gasteiger partial charge in [0, 0.05) is 6.42 Å². The first kappa shape index (κ1) is 11.9. The fraction of sp³-hybridized carbons (Fsp3) is 1.00. The van der Waals surface area contributed by atoms with Gasteiger partial charge in [0.05, 0.1) is 0 Å². The van der Waals surface area contributed by atoms with E-state index >= 15 is 0 Å². The second kappa shape index (κ2) is 5.06. The topological polar surface area (TPSA) is 20.2 Å². The van der Waals surface area contributed by atoms with Crippen molar-refractivity contribution in [2.75, 3.05) is 0 Å². The maximum atomic E-state index is 13.2. The van der Waals surface area contributed by atoms with Crippen LogP contribution in [0.3, 0.4) is 0 Å². The normalized spacial score (nSPS) is 23.1. The van der Waals surface area contributed by atoms with E-state index in [9.17, 15) is 8.78 Å². The van der Waals surface area contributed by atoms with E-state index in [1.165, 1.54) is 19.8 Å². The van der Waals surface area contributed by atoms with Gasteiger partial charge < -0.3 is 5.11 Å². The fourth-order valence-electron chi connectivity index (χ4n) is 2.12. The molecule has 0 bridgehead atoms. The van der Waals surface area contributed by atoms with Gasteiger partial charge in [-0.25, -0.2) is 8.78 Å². The summed E-state index contributed by atoms with van der Waals surface area (Å²) in [6.45, 7) is 1.18. The molecule has 0 radical (unpaired) electrons. The second-order valence-electron chi connectivity index (χ2n) is 4.50. The number of aliphatic hydroxyl groups is 1. The Bertz CT molecular complexity index is 161. The van der Waals surface area contributed by atoms with Crippen molar-refractivity contribution >= 4 is 0 Å². The molecule has 0 heterocycles. The smallest absolute Gasteiger partial charge is 0.273 e. The van der Waals surface area contributed by atoms with Gasteiger partial charge in [-0.2, -0.15) is 0 Å². The monoisotopic (exact) mass is 206 g/mol. The van der Waals surface area contributed by atoms with Crippen molar-refractivity contribution in [2.45, 2.75) is 63.9 Å². The Hall–Kier alpha value is -0.180. The van der Waals surface area contributed by atoms with Gasteiger partial charge in [0.1, 0.15) is 6.10 Å². The molecule has 1 aliphatic carbocycles. The Morgan fingerprint density at radius 1 is 1.21 bits per heavy atom. The Labute approximate surface area is 84.5 Å². The number of halogens is 2. The first-order valence-electron chi connectivity index (χ1n) is 5.58. The van der Waals surface area contributed by atoms with Crippen LogP contribution in [0.5, 0.6) is 0 Å². The van der Waals surface area contributed by atoms with Crippen molar-refractivity contribution in [1.82, 2.24) is 0 Å². The summed E-state index contributed by atoms with van der Waals surface area (Å²) in [5.41, 5.74) is 0. The van der Waals surface area contributed by atoms with Crippen LogP contribution in [0.25, 0.3) is 0 Å². The van der Waals surface area contributed by atoms with Crippen molar-refractivity contribution in [3.05, 3.63) is 0 Å². The summed E-state index contributed by atoms with van der Waals surface area (Å²) in [5.74, 6) is -2.78. The highest BCUT2D eigenvalue weighted by Gasteiger charge is 2.37. The molecule has 1 unspecified atom stereocenters. The molecule has 1 aliphatic rings. The predicted octanol–water partition coefficient (Wildman–Crippen LogP) is 3.36. The summed E-state index contributed by atoms with van der Waals surface area (Å²) in [4.78, 5) is 0. The molecule has 0 aromatic rings. The average Bonchev–Trinajstić information content (AvgIpc) is 2.32. The zero-order valence-electron chi connectivity index (χ0n) is 8.81. The lowest BCUT2D eigenvalue weighted by Crippen LogP contribution is -2.33. The molecule has 1 saturated carbocycles. The van der Waals surface area contributed by atoms with Crippen LogP contribution in [0, 0.1) is 5.92 Å². The van der Waals surface area contributed by atoms with Crippen molar-refractivity contribution in [3.63, 3.8) is 0 Å². The van der Waals surface area contributed by atoms with E-state index in [1.807, 2.05) is 0 Å². The first-order chi connectivity index (χ1) is 6.52. The molecule has 0 aromatic heterocycles. The van der Waals surface area contributed by atoms with Crippen LogP contribution < -0.4 is 0 Å². The van der Waals surface area contributed by atoms with E-state index in [0.717, 1.165) is 25.7 Å².